The number of hydrogen-bond acceptors (Lipinski definition) is 4. The fourth-order valence-corrected chi connectivity index (χ4v) is 1.38. The van der Waals surface area contributed by atoms with Gasteiger partial charge in [-0.05, 0) is 18.5 Å². The second-order valence-corrected chi connectivity index (χ2v) is 3.43. The van der Waals surface area contributed by atoms with Crippen molar-refractivity contribution in [2.45, 2.75) is 13.0 Å². The maximum atomic E-state index is 4.96. The van der Waals surface area contributed by atoms with E-state index in [0.717, 1.165) is 25.3 Å². The molecule has 2 aromatic heterocycles. The van der Waals surface area contributed by atoms with E-state index >= 15 is 0 Å². The Labute approximate surface area is 88.1 Å². The fraction of sp³-hybridized carbons (Fsp3) is 0.400. The Morgan fingerprint density at radius 2 is 2.47 bits per heavy atom. The molecule has 80 valence electrons. The van der Waals surface area contributed by atoms with E-state index in [4.69, 9.17) is 4.52 Å². The van der Waals surface area contributed by atoms with Gasteiger partial charge in [-0.15, -0.1) is 0 Å². The monoisotopic (exact) mass is 206 g/mol. The molecule has 0 aromatic carbocycles. The Balaban J connectivity index is 1.67. The SMILES string of the molecule is Cn1cc(CCNCc2ccno2)cn1. The largest absolute Gasteiger partial charge is 0.360 e. The zero-order chi connectivity index (χ0) is 10.5. The van der Waals surface area contributed by atoms with Crippen LogP contribution >= 0.6 is 0 Å². The van der Waals surface area contributed by atoms with Crippen LogP contribution in [0.25, 0.3) is 0 Å². The van der Waals surface area contributed by atoms with Crippen molar-refractivity contribution in [3.63, 3.8) is 0 Å². The summed E-state index contributed by atoms with van der Waals surface area (Å²) < 4.78 is 6.77. The molecule has 0 fully saturated rings. The minimum atomic E-state index is 0.722. The van der Waals surface area contributed by atoms with E-state index in [1.165, 1.54) is 5.56 Å². The second-order valence-electron chi connectivity index (χ2n) is 3.43. The van der Waals surface area contributed by atoms with Crippen LogP contribution in [-0.4, -0.2) is 21.5 Å². The molecule has 5 nitrogen and oxygen atoms in total. The molecular weight excluding hydrogens is 192 g/mol. The summed E-state index contributed by atoms with van der Waals surface area (Å²) in [6.07, 6.45) is 6.53. The molecule has 0 aliphatic heterocycles. The Hall–Kier alpha value is -1.62. The van der Waals surface area contributed by atoms with E-state index in [9.17, 15) is 0 Å². The van der Waals surface area contributed by atoms with Crippen molar-refractivity contribution in [1.29, 1.82) is 0 Å². The third-order valence-electron chi connectivity index (χ3n) is 2.14. The molecule has 0 spiro atoms. The molecule has 0 aliphatic carbocycles. The van der Waals surface area contributed by atoms with Crippen LogP contribution in [0.1, 0.15) is 11.3 Å². The maximum absolute atomic E-state index is 4.96. The lowest BCUT2D eigenvalue weighted by Crippen LogP contribution is -2.16. The van der Waals surface area contributed by atoms with Gasteiger partial charge in [0.2, 0.25) is 0 Å². The number of rotatable bonds is 5. The van der Waals surface area contributed by atoms with Crippen LogP contribution < -0.4 is 5.32 Å². The lowest BCUT2D eigenvalue weighted by atomic mass is 10.2. The Morgan fingerprint density at radius 3 is 3.13 bits per heavy atom. The van der Waals surface area contributed by atoms with Crippen molar-refractivity contribution in [3.8, 4) is 0 Å². The highest BCUT2D eigenvalue weighted by Gasteiger charge is 1.98. The van der Waals surface area contributed by atoms with Crippen molar-refractivity contribution in [1.82, 2.24) is 20.3 Å². The maximum Gasteiger partial charge on any atom is 0.150 e. The minimum Gasteiger partial charge on any atom is -0.360 e. The summed E-state index contributed by atoms with van der Waals surface area (Å²) in [7, 11) is 1.92. The molecule has 1 N–H and O–H groups in total. The number of aromatic nitrogens is 3. The molecule has 2 aromatic rings. The third kappa shape index (κ3) is 2.92. The molecule has 0 unspecified atom stereocenters. The summed E-state index contributed by atoms with van der Waals surface area (Å²) in [5.74, 6) is 0.862. The van der Waals surface area contributed by atoms with Crippen molar-refractivity contribution in [2.24, 2.45) is 7.05 Å². The standard InChI is InChI=1S/C10H14N4O/c1-14-8-9(6-12-14)2-4-11-7-10-3-5-13-15-10/h3,5-6,8,11H,2,4,7H2,1H3. The van der Waals surface area contributed by atoms with E-state index in [1.54, 1.807) is 6.20 Å². The zero-order valence-corrected chi connectivity index (χ0v) is 8.68. The van der Waals surface area contributed by atoms with Gasteiger partial charge in [0.1, 0.15) is 5.76 Å². The smallest absolute Gasteiger partial charge is 0.150 e. The Bertz CT molecular complexity index is 393. The highest BCUT2D eigenvalue weighted by molar-refractivity contribution is 5.04. The van der Waals surface area contributed by atoms with Crippen molar-refractivity contribution >= 4 is 0 Å². The summed E-state index contributed by atoms with van der Waals surface area (Å²) in [5.41, 5.74) is 1.24. The van der Waals surface area contributed by atoms with Crippen molar-refractivity contribution < 1.29 is 4.52 Å². The van der Waals surface area contributed by atoms with Gasteiger partial charge < -0.3 is 9.84 Å². The van der Waals surface area contributed by atoms with Crippen molar-refractivity contribution in [2.75, 3.05) is 6.54 Å². The molecule has 0 radical (unpaired) electrons. The molecular formula is C10H14N4O. The first-order chi connectivity index (χ1) is 7.34. The van der Waals surface area contributed by atoms with Crippen LogP contribution in [0, 0.1) is 0 Å². The summed E-state index contributed by atoms with van der Waals surface area (Å²) >= 11 is 0. The molecule has 0 saturated carbocycles. The van der Waals surface area contributed by atoms with Gasteiger partial charge in [-0.25, -0.2) is 0 Å². The molecule has 15 heavy (non-hydrogen) atoms. The highest BCUT2D eigenvalue weighted by Crippen LogP contribution is 1.98. The molecule has 0 saturated heterocycles. The van der Waals surface area contributed by atoms with Gasteiger partial charge in [0.15, 0.2) is 0 Å². The van der Waals surface area contributed by atoms with Crippen LogP contribution in [0.3, 0.4) is 0 Å². The fourth-order valence-electron chi connectivity index (χ4n) is 1.38. The summed E-state index contributed by atoms with van der Waals surface area (Å²) in [4.78, 5) is 0. The average Bonchev–Trinajstić information content (AvgIpc) is 2.84. The third-order valence-corrected chi connectivity index (χ3v) is 2.14. The van der Waals surface area contributed by atoms with E-state index in [-0.39, 0.29) is 0 Å². The van der Waals surface area contributed by atoms with E-state index in [1.807, 2.05) is 30.2 Å². The first-order valence-electron chi connectivity index (χ1n) is 4.92. The first kappa shape index (κ1) is 9.92. The number of aryl methyl sites for hydroxylation is 1. The molecule has 2 rings (SSSR count). The minimum absolute atomic E-state index is 0.722. The Morgan fingerprint density at radius 1 is 1.53 bits per heavy atom. The van der Waals surface area contributed by atoms with Gasteiger partial charge in [0.25, 0.3) is 0 Å². The summed E-state index contributed by atoms with van der Waals surface area (Å²) in [5, 5.41) is 11.0. The second kappa shape index (κ2) is 4.75. The zero-order valence-electron chi connectivity index (χ0n) is 8.68. The summed E-state index contributed by atoms with van der Waals surface area (Å²) in [6.45, 7) is 1.63. The molecule has 5 heteroatoms. The molecule has 0 atom stereocenters. The first-order valence-corrected chi connectivity index (χ1v) is 4.92. The van der Waals surface area contributed by atoms with Crippen LogP contribution in [0.5, 0.6) is 0 Å². The lowest BCUT2D eigenvalue weighted by Gasteiger charge is -1.99. The number of hydrogen-bond donors (Lipinski definition) is 1. The molecule has 0 amide bonds. The predicted molar refractivity (Wildman–Crippen MR) is 55.1 cm³/mol. The van der Waals surface area contributed by atoms with Crippen LogP contribution in [0.4, 0.5) is 0 Å². The van der Waals surface area contributed by atoms with Gasteiger partial charge >= 0.3 is 0 Å². The van der Waals surface area contributed by atoms with Crippen molar-refractivity contribution in [3.05, 3.63) is 36.0 Å². The van der Waals surface area contributed by atoms with Gasteiger partial charge in [0.05, 0.1) is 18.9 Å². The van der Waals surface area contributed by atoms with Crippen LogP contribution in [0.15, 0.2) is 29.2 Å². The van der Waals surface area contributed by atoms with Crippen LogP contribution in [0.2, 0.25) is 0 Å². The quantitative estimate of drug-likeness (QED) is 0.733. The Kier molecular flexibility index (Phi) is 3.14. The molecule has 0 aliphatic rings. The number of nitrogens with one attached hydrogen (secondary N) is 1. The summed E-state index contributed by atoms with van der Waals surface area (Å²) in [6, 6.07) is 1.86. The molecule has 2 heterocycles. The van der Waals surface area contributed by atoms with Gasteiger partial charge in [-0.2, -0.15) is 5.10 Å². The topological polar surface area (TPSA) is 55.9 Å². The van der Waals surface area contributed by atoms with E-state index < -0.39 is 0 Å². The average molecular weight is 206 g/mol. The van der Waals surface area contributed by atoms with Gasteiger partial charge in [0, 0.05) is 19.3 Å². The van der Waals surface area contributed by atoms with Gasteiger partial charge in [-0.3, -0.25) is 4.68 Å². The van der Waals surface area contributed by atoms with Crippen LogP contribution in [-0.2, 0) is 20.0 Å². The van der Waals surface area contributed by atoms with Gasteiger partial charge in [-0.1, -0.05) is 5.16 Å². The van der Waals surface area contributed by atoms with E-state index in [0.29, 0.717) is 0 Å². The number of nitrogens with zero attached hydrogens (tertiary/aromatic N) is 3. The molecule has 0 bridgehead atoms. The highest BCUT2D eigenvalue weighted by atomic mass is 16.5. The predicted octanol–water partition coefficient (Wildman–Crippen LogP) is 0.740. The lowest BCUT2D eigenvalue weighted by molar-refractivity contribution is 0.373. The normalized spacial score (nSPS) is 10.7. The van der Waals surface area contributed by atoms with E-state index in [2.05, 4.69) is 15.6 Å².